The van der Waals surface area contributed by atoms with Gasteiger partial charge in [-0.15, -0.1) is 5.10 Å². The zero-order valence-corrected chi connectivity index (χ0v) is 14.8. The zero-order chi connectivity index (χ0) is 17.9. The molecular weight excluding hydrogens is 334 g/mol. The maximum absolute atomic E-state index is 12.5. The lowest BCUT2D eigenvalue weighted by Gasteiger charge is -2.23. The summed E-state index contributed by atoms with van der Waals surface area (Å²) in [6.07, 6.45) is 2.00. The molecule has 0 bridgehead atoms. The normalized spacial score (nSPS) is 17.1. The van der Waals surface area contributed by atoms with Crippen LogP contribution in [-0.4, -0.2) is 47.2 Å². The first-order valence-electron chi connectivity index (χ1n) is 9.01. The third-order valence-corrected chi connectivity index (χ3v) is 4.86. The van der Waals surface area contributed by atoms with Gasteiger partial charge in [-0.3, -0.25) is 4.79 Å². The molecule has 8 heteroatoms. The standard InChI is InChI=1S/C18H23N5O3/c1-12-17(21-22-23(12)14-4-6-19-7-5-14)18(24)20-11-13-2-3-15-16(10-13)26-9-8-25-15/h2-3,10,14,19H,4-9,11H2,1H3,(H,20,24). The van der Waals surface area contributed by atoms with Gasteiger partial charge >= 0.3 is 0 Å². The molecule has 1 amide bonds. The molecule has 0 unspecified atom stereocenters. The van der Waals surface area contributed by atoms with Crippen molar-refractivity contribution in [2.45, 2.75) is 32.4 Å². The molecule has 1 fully saturated rings. The average molecular weight is 357 g/mol. The van der Waals surface area contributed by atoms with Crippen LogP contribution in [0.1, 0.15) is 40.6 Å². The van der Waals surface area contributed by atoms with Gasteiger partial charge in [0.25, 0.3) is 5.91 Å². The number of benzene rings is 1. The van der Waals surface area contributed by atoms with Crippen LogP contribution in [0.15, 0.2) is 18.2 Å². The number of ether oxygens (including phenoxy) is 2. The van der Waals surface area contributed by atoms with E-state index in [2.05, 4.69) is 20.9 Å². The number of hydrogen-bond acceptors (Lipinski definition) is 6. The van der Waals surface area contributed by atoms with E-state index < -0.39 is 0 Å². The maximum atomic E-state index is 12.5. The number of aromatic nitrogens is 3. The number of hydrogen-bond donors (Lipinski definition) is 2. The van der Waals surface area contributed by atoms with Gasteiger partial charge in [0.1, 0.15) is 13.2 Å². The predicted molar refractivity (Wildman–Crippen MR) is 94.5 cm³/mol. The highest BCUT2D eigenvalue weighted by Crippen LogP contribution is 2.30. The average Bonchev–Trinajstić information content (AvgIpc) is 3.08. The second-order valence-electron chi connectivity index (χ2n) is 6.61. The molecule has 138 valence electrons. The van der Waals surface area contributed by atoms with E-state index in [1.807, 2.05) is 29.8 Å². The number of amides is 1. The van der Waals surface area contributed by atoms with Crippen LogP contribution in [0, 0.1) is 6.92 Å². The van der Waals surface area contributed by atoms with Crippen LogP contribution in [0.25, 0.3) is 0 Å². The summed E-state index contributed by atoms with van der Waals surface area (Å²) in [4.78, 5) is 12.5. The van der Waals surface area contributed by atoms with Crippen molar-refractivity contribution in [2.75, 3.05) is 26.3 Å². The van der Waals surface area contributed by atoms with Crippen molar-refractivity contribution in [2.24, 2.45) is 0 Å². The van der Waals surface area contributed by atoms with E-state index in [4.69, 9.17) is 9.47 Å². The van der Waals surface area contributed by atoms with Gasteiger partial charge in [-0.1, -0.05) is 11.3 Å². The van der Waals surface area contributed by atoms with Crippen LogP contribution in [0.3, 0.4) is 0 Å². The van der Waals surface area contributed by atoms with Crippen LogP contribution in [0.4, 0.5) is 0 Å². The first-order valence-corrected chi connectivity index (χ1v) is 9.01. The third-order valence-electron chi connectivity index (χ3n) is 4.86. The Morgan fingerprint density at radius 1 is 1.27 bits per heavy atom. The topological polar surface area (TPSA) is 90.3 Å². The fourth-order valence-electron chi connectivity index (χ4n) is 3.41. The number of rotatable bonds is 4. The Morgan fingerprint density at radius 2 is 2.04 bits per heavy atom. The number of carbonyl (C=O) groups excluding carboxylic acids is 1. The molecule has 2 aliphatic heterocycles. The minimum atomic E-state index is -0.211. The molecular formula is C18H23N5O3. The summed E-state index contributed by atoms with van der Waals surface area (Å²) in [6, 6.07) is 6.00. The summed E-state index contributed by atoms with van der Waals surface area (Å²) < 4.78 is 13.0. The SMILES string of the molecule is Cc1c(C(=O)NCc2ccc3c(c2)OCCO3)nnn1C1CCNCC1. The molecule has 0 spiro atoms. The van der Waals surface area contributed by atoms with Crippen molar-refractivity contribution in [1.82, 2.24) is 25.6 Å². The molecule has 1 aromatic carbocycles. The van der Waals surface area contributed by atoms with Crippen molar-refractivity contribution in [3.8, 4) is 11.5 Å². The minimum Gasteiger partial charge on any atom is -0.486 e. The van der Waals surface area contributed by atoms with Crippen LogP contribution in [-0.2, 0) is 6.54 Å². The summed E-state index contributed by atoms with van der Waals surface area (Å²) in [5.41, 5.74) is 2.16. The van der Waals surface area contributed by atoms with E-state index in [1.165, 1.54) is 0 Å². The van der Waals surface area contributed by atoms with Gasteiger partial charge < -0.3 is 20.1 Å². The Kier molecular flexibility index (Phi) is 4.75. The van der Waals surface area contributed by atoms with Gasteiger partial charge in [0.15, 0.2) is 17.2 Å². The fourth-order valence-corrected chi connectivity index (χ4v) is 3.41. The van der Waals surface area contributed by atoms with Crippen LogP contribution >= 0.6 is 0 Å². The van der Waals surface area contributed by atoms with Gasteiger partial charge in [0.2, 0.25) is 0 Å². The van der Waals surface area contributed by atoms with E-state index in [-0.39, 0.29) is 5.91 Å². The Labute approximate surface area is 151 Å². The van der Waals surface area contributed by atoms with E-state index >= 15 is 0 Å². The number of nitrogens with zero attached hydrogens (tertiary/aromatic N) is 3. The summed E-state index contributed by atoms with van der Waals surface area (Å²) in [5, 5.41) is 14.6. The molecule has 1 saturated heterocycles. The number of fused-ring (bicyclic) bond motifs is 1. The van der Waals surface area contributed by atoms with Crippen molar-refractivity contribution in [3.63, 3.8) is 0 Å². The minimum absolute atomic E-state index is 0.211. The highest BCUT2D eigenvalue weighted by atomic mass is 16.6. The highest BCUT2D eigenvalue weighted by Gasteiger charge is 2.23. The van der Waals surface area contributed by atoms with Crippen molar-refractivity contribution in [3.05, 3.63) is 35.2 Å². The quantitative estimate of drug-likeness (QED) is 0.855. The van der Waals surface area contributed by atoms with Crippen LogP contribution < -0.4 is 20.1 Å². The molecule has 0 radical (unpaired) electrons. The monoisotopic (exact) mass is 357 g/mol. The summed E-state index contributed by atoms with van der Waals surface area (Å²) >= 11 is 0. The Balaban J connectivity index is 1.41. The second-order valence-corrected chi connectivity index (χ2v) is 6.61. The Hall–Kier alpha value is -2.61. The molecule has 3 heterocycles. The largest absolute Gasteiger partial charge is 0.486 e. The number of carbonyl (C=O) groups is 1. The second kappa shape index (κ2) is 7.33. The molecule has 2 N–H and O–H groups in total. The fraction of sp³-hybridized carbons (Fsp3) is 0.500. The van der Waals surface area contributed by atoms with Gasteiger partial charge in [-0.25, -0.2) is 4.68 Å². The van der Waals surface area contributed by atoms with Crippen molar-refractivity contribution >= 4 is 5.91 Å². The summed E-state index contributed by atoms with van der Waals surface area (Å²) in [5.74, 6) is 1.25. The number of nitrogens with one attached hydrogen (secondary N) is 2. The van der Waals surface area contributed by atoms with E-state index in [0.29, 0.717) is 31.5 Å². The van der Waals surface area contributed by atoms with Crippen molar-refractivity contribution < 1.29 is 14.3 Å². The predicted octanol–water partition coefficient (Wildman–Crippen LogP) is 1.21. The molecule has 0 aliphatic carbocycles. The summed E-state index contributed by atoms with van der Waals surface area (Å²) in [7, 11) is 0. The van der Waals surface area contributed by atoms with Gasteiger partial charge in [0.05, 0.1) is 11.7 Å². The van der Waals surface area contributed by atoms with Gasteiger partial charge in [0, 0.05) is 6.54 Å². The molecule has 0 atom stereocenters. The Bertz CT molecular complexity index is 798. The maximum Gasteiger partial charge on any atom is 0.274 e. The first-order chi connectivity index (χ1) is 12.7. The molecule has 4 rings (SSSR count). The third kappa shape index (κ3) is 3.37. The molecule has 2 aliphatic rings. The van der Waals surface area contributed by atoms with Gasteiger partial charge in [-0.05, 0) is 50.6 Å². The lowest BCUT2D eigenvalue weighted by Crippen LogP contribution is -2.30. The highest BCUT2D eigenvalue weighted by molar-refractivity contribution is 5.93. The van der Waals surface area contributed by atoms with Gasteiger partial charge in [-0.2, -0.15) is 0 Å². The first kappa shape index (κ1) is 16.8. The molecule has 2 aromatic rings. The summed E-state index contributed by atoms with van der Waals surface area (Å²) in [6.45, 7) is 5.35. The zero-order valence-electron chi connectivity index (χ0n) is 14.8. The molecule has 1 aromatic heterocycles. The van der Waals surface area contributed by atoms with E-state index in [0.717, 1.165) is 48.7 Å². The van der Waals surface area contributed by atoms with Crippen LogP contribution in [0.2, 0.25) is 0 Å². The van der Waals surface area contributed by atoms with Crippen molar-refractivity contribution in [1.29, 1.82) is 0 Å². The lowest BCUT2D eigenvalue weighted by atomic mass is 10.1. The molecule has 8 nitrogen and oxygen atoms in total. The molecule has 26 heavy (non-hydrogen) atoms. The smallest absolute Gasteiger partial charge is 0.274 e. The number of piperidine rings is 1. The lowest BCUT2D eigenvalue weighted by molar-refractivity contribution is 0.0945. The van der Waals surface area contributed by atoms with E-state index in [9.17, 15) is 4.79 Å². The van der Waals surface area contributed by atoms with E-state index in [1.54, 1.807) is 0 Å². The molecule has 0 saturated carbocycles. The Morgan fingerprint density at radius 3 is 2.85 bits per heavy atom. The van der Waals surface area contributed by atoms with Crippen LogP contribution in [0.5, 0.6) is 11.5 Å².